The van der Waals surface area contributed by atoms with E-state index in [4.69, 9.17) is 14.6 Å². The molecule has 0 bridgehead atoms. The molecule has 2 heterocycles. The fraction of sp³-hybridized carbons (Fsp3) is 0.267. The Bertz CT molecular complexity index is 718. The molecule has 2 N–H and O–H groups in total. The van der Waals surface area contributed by atoms with Gasteiger partial charge in [0.25, 0.3) is 0 Å². The number of aryl methyl sites for hydroxylation is 1. The summed E-state index contributed by atoms with van der Waals surface area (Å²) in [6.45, 7) is 2.36. The van der Waals surface area contributed by atoms with Gasteiger partial charge in [0.1, 0.15) is 0 Å². The first-order chi connectivity index (χ1) is 10.6. The number of ether oxygens (including phenoxy) is 2. The molecule has 3 rings (SSSR count). The molecule has 0 amide bonds. The summed E-state index contributed by atoms with van der Waals surface area (Å²) >= 11 is 0. The molecular formula is C15H15N3O4. The first-order valence-electron chi connectivity index (χ1n) is 6.83. The number of nitrogens with one attached hydrogen (secondary N) is 1. The minimum absolute atomic E-state index is 0.0106. The summed E-state index contributed by atoms with van der Waals surface area (Å²) in [6.07, 6.45) is 0.0106. The maximum atomic E-state index is 10.5. The highest BCUT2D eigenvalue weighted by Crippen LogP contribution is 2.35. The van der Waals surface area contributed by atoms with Gasteiger partial charge in [0.05, 0.1) is 12.1 Å². The van der Waals surface area contributed by atoms with Crippen molar-refractivity contribution < 1.29 is 19.4 Å². The van der Waals surface area contributed by atoms with Crippen molar-refractivity contribution in [3.8, 4) is 22.8 Å². The van der Waals surface area contributed by atoms with Crippen LogP contribution in [0.4, 0.5) is 5.95 Å². The highest BCUT2D eigenvalue weighted by molar-refractivity contribution is 5.68. The van der Waals surface area contributed by atoms with Crippen molar-refractivity contribution in [2.24, 2.45) is 0 Å². The minimum Gasteiger partial charge on any atom is -0.481 e. The third kappa shape index (κ3) is 3.08. The normalized spacial score (nSPS) is 12.2. The Morgan fingerprint density at radius 1 is 1.27 bits per heavy atom. The zero-order valence-corrected chi connectivity index (χ0v) is 12.0. The molecule has 7 nitrogen and oxygen atoms in total. The SMILES string of the molecule is Cc1cc(-c2ccc3c(c2)OCO3)nc(NCCC(=O)O)n1. The number of rotatable bonds is 5. The van der Waals surface area contributed by atoms with Gasteiger partial charge in [-0.3, -0.25) is 4.79 Å². The summed E-state index contributed by atoms with van der Waals surface area (Å²) < 4.78 is 10.7. The molecule has 1 aromatic heterocycles. The maximum absolute atomic E-state index is 10.5. The van der Waals surface area contributed by atoms with E-state index in [0.717, 1.165) is 17.0 Å². The van der Waals surface area contributed by atoms with Crippen molar-refractivity contribution in [3.05, 3.63) is 30.0 Å². The Balaban J connectivity index is 1.84. The molecule has 0 aliphatic carbocycles. The van der Waals surface area contributed by atoms with Crippen LogP contribution in [-0.2, 0) is 4.79 Å². The van der Waals surface area contributed by atoms with E-state index in [9.17, 15) is 4.79 Å². The zero-order chi connectivity index (χ0) is 15.5. The van der Waals surface area contributed by atoms with Crippen molar-refractivity contribution in [2.75, 3.05) is 18.7 Å². The number of carbonyl (C=O) groups is 1. The third-order valence-corrected chi connectivity index (χ3v) is 3.14. The molecule has 0 saturated heterocycles. The van der Waals surface area contributed by atoms with Crippen molar-refractivity contribution in [3.63, 3.8) is 0 Å². The van der Waals surface area contributed by atoms with Crippen LogP contribution in [0.15, 0.2) is 24.3 Å². The molecule has 0 unspecified atom stereocenters. The minimum atomic E-state index is -0.865. The van der Waals surface area contributed by atoms with Crippen LogP contribution in [0.2, 0.25) is 0 Å². The lowest BCUT2D eigenvalue weighted by molar-refractivity contribution is -0.136. The van der Waals surface area contributed by atoms with Crippen LogP contribution in [0.5, 0.6) is 11.5 Å². The van der Waals surface area contributed by atoms with E-state index in [2.05, 4.69) is 15.3 Å². The Morgan fingerprint density at radius 2 is 2.09 bits per heavy atom. The average molecular weight is 301 g/mol. The van der Waals surface area contributed by atoms with E-state index in [1.54, 1.807) is 0 Å². The maximum Gasteiger partial charge on any atom is 0.305 e. The molecule has 22 heavy (non-hydrogen) atoms. The number of aromatic nitrogens is 2. The van der Waals surface area contributed by atoms with E-state index in [1.807, 2.05) is 31.2 Å². The van der Waals surface area contributed by atoms with Crippen molar-refractivity contribution in [1.29, 1.82) is 0 Å². The molecule has 0 radical (unpaired) electrons. The van der Waals surface area contributed by atoms with Gasteiger partial charge in [-0.05, 0) is 31.2 Å². The molecule has 0 atom stereocenters. The Kier molecular flexibility index (Phi) is 3.78. The Hall–Kier alpha value is -2.83. The van der Waals surface area contributed by atoms with Gasteiger partial charge in [0, 0.05) is 17.8 Å². The van der Waals surface area contributed by atoms with Crippen LogP contribution in [0.3, 0.4) is 0 Å². The molecule has 114 valence electrons. The van der Waals surface area contributed by atoms with Gasteiger partial charge in [-0.2, -0.15) is 0 Å². The topological polar surface area (TPSA) is 93.6 Å². The lowest BCUT2D eigenvalue weighted by atomic mass is 10.1. The van der Waals surface area contributed by atoms with Crippen LogP contribution in [0.1, 0.15) is 12.1 Å². The summed E-state index contributed by atoms with van der Waals surface area (Å²) in [5.41, 5.74) is 2.42. The fourth-order valence-corrected chi connectivity index (χ4v) is 2.13. The lowest BCUT2D eigenvalue weighted by Gasteiger charge is -2.08. The summed E-state index contributed by atoms with van der Waals surface area (Å²) in [6, 6.07) is 7.47. The van der Waals surface area contributed by atoms with Crippen LogP contribution >= 0.6 is 0 Å². The first kappa shape index (κ1) is 14.1. The standard InChI is InChI=1S/C15H15N3O4/c1-9-6-11(18-15(17-9)16-5-4-14(19)20)10-2-3-12-13(7-10)22-8-21-12/h2-3,6-7H,4-5,8H2,1H3,(H,19,20)(H,16,17,18). The second-order valence-corrected chi connectivity index (χ2v) is 4.86. The molecule has 1 aliphatic heterocycles. The van der Waals surface area contributed by atoms with E-state index < -0.39 is 5.97 Å². The molecule has 1 aromatic carbocycles. The van der Waals surface area contributed by atoms with Gasteiger partial charge < -0.3 is 19.9 Å². The fourth-order valence-electron chi connectivity index (χ4n) is 2.13. The van der Waals surface area contributed by atoms with Crippen molar-refractivity contribution in [1.82, 2.24) is 9.97 Å². The van der Waals surface area contributed by atoms with Crippen LogP contribution in [0, 0.1) is 6.92 Å². The number of anilines is 1. The van der Waals surface area contributed by atoms with E-state index >= 15 is 0 Å². The second kappa shape index (κ2) is 5.88. The molecule has 2 aromatic rings. The predicted octanol–water partition coefficient (Wildman–Crippen LogP) is 2.07. The smallest absolute Gasteiger partial charge is 0.305 e. The summed E-state index contributed by atoms with van der Waals surface area (Å²) in [5, 5.41) is 11.6. The average Bonchev–Trinajstić information content (AvgIpc) is 2.93. The van der Waals surface area contributed by atoms with Gasteiger partial charge >= 0.3 is 5.97 Å². The molecule has 0 saturated carbocycles. The molecule has 0 spiro atoms. The number of fused-ring (bicyclic) bond motifs is 1. The van der Waals surface area contributed by atoms with Crippen molar-refractivity contribution in [2.45, 2.75) is 13.3 Å². The number of carboxylic acids is 1. The quantitative estimate of drug-likeness (QED) is 0.873. The molecule has 0 fully saturated rings. The highest BCUT2D eigenvalue weighted by Gasteiger charge is 2.15. The third-order valence-electron chi connectivity index (χ3n) is 3.14. The van der Waals surface area contributed by atoms with Gasteiger partial charge in [0.2, 0.25) is 12.7 Å². The number of benzene rings is 1. The number of hydrogen-bond acceptors (Lipinski definition) is 6. The van der Waals surface area contributed by atoms with Gasteiger partial charge in [-0.25, -0.2) is 9.97 Å². The number of carboxylic acid groups (broad SMARTS) is 1. The summed E-state index contributed by atoms with van der Waals surface area (Å²) in [7, 11) is 0. The Morgan fingerprint density at radius 3 is 2.91 bits per heavy atom. The Labute approximate surface area is 126 Å². The van der Waals surface area contributed by atoms with Crippen molar-refractivity contribution >= 4 is 11.9 Å². The predicted molar refractivity (Wildman–Crippen MR) is 79.1 cm³/mol. The summed E-state index contributed by atoms with van der Waals surface area (Å²) in [5.74, 6) is 0.952. The number of hydrogen-bond donors (Lipinski definition) is 2. The monoisotopic (exact) mass is 301 g/mol. The highest BCUT2D eigenvalue weighted by atomic mass is 16.7. The van der Waals surface area contributed by atoms with E-state index in [0.29, 0.717) is 17.4 Å². The largest absolute Gasteiger partial charge is 0.481 e. The first-order valence-corrected chi connectivity index (χ1v) is 6.83. The molecule has 1 aliphatic rings. The van der Waals surface area contributed by atoms with Crippen LogP contribution in [-0.4, -0.2) is 34.4 Å². The second-order valence-electron chi connectivity index (χ2n) is 4.86. The number of nitrogens with zero attached hydrogens (tertiary/aromatic N) is 2. The molecular weight excluding hydrogens is 286 g/mol. The molecule has 7 heteroatoms. The van der Waals surface area contributed by atoms with Gasteiger partial charge in [-0.15, -0.1) is 0 Å². The van der Waals surface area contributed by atoms with Gasteiger partial charge in [-0.1, -0.05) is 0 Å². The van der Waals surface area contributed by atoms with E-state index in [1.165, 1.54) is 0 Å². The van der Waals surface area contributed by atoms with Gasteiger partial charge in [0.15, 0.2) is 11.5 Å². The van der Waals surface area contributed by atoms with Crippen LogP contribution in [0.25, 0.3) is 11.3 Å². The summed E-state index contributed by atoms with van der Waals surface area (Å²) in [4.78, 5) is 19.2. The van der Waals surface area contributed by atoms with Crippen LogP contribution < -0.4 is 14.8 Å². The van der Waals surface area contributed by atoms with E-state index in [-0.39, 0.29) is 19.8 Å². The lowest BCUT2D eigenvalue weighted by Crippen LogP contribution is -2.10. The zero-order valence-electron chi connectivity index (χ0n) is 12.0. The number of aliphatic carboxylic acids is 1.